The third-order valence-corrected chi connectivity index (χ3v) is 6.66. The van der Waals surface area contributed by atoms with E-state index in [4.69, 9.17) is 4.74 Å². The number of anilines is 1. The van der Waals surface area contributed by atoms with Crippen LogP contribution >= 0.6 is 0 Å². The number of nitrogens with zero attached hydrogens (tertiary/aromatic N) is 2. The number of benzene rings is 1. The summed E-state index contributed by atoms with van der Waals surface area (Å²) in [4.78, 5) is 12.2. The summed E-state index contributed by atoms with van der Waals surface area (Å²) >= 11 is 0. The lowest BCUT2D eigenvalue weighted by molar-refractivity contribution is -0.119. The van der Waals surface area contributed by atoms with E-state index in [0.717, 1.165) is 14.9 Å². The average molecular weight is 436 g/mol. The maximum absolute atomic E-state index is 12.1. The molecule has 0 aliphatic rings. The molecule has 0 heterocycles. The van der Waals surface area contributed by atoms with Gasteiger partial charge in [-0.3, -0.25) is 9.10 Å². The van der Waals surface area contributed by atoms with Crippen molar-refractivity contribution in [1.82, 2.24) is 9.62 Å². The van der Waals surface area contributed by atoms with E-state index in [1.54, 1.807) is 0 Å². The molecule has 1 amide bonds. The van der Waals surface area contributed by atoms with Crippen molar-refractivity contribution in [3.05, 3.63) is 24.3 Å². The predicted molar refractivity (Wildman–Crippen MR) is 108 cm³/mol. The van der Waals surface area contributed by atoms with Crippen molar-refractivity contribution in [3.8, 4) is 0 Å². The summed E-state index contributed by atoms with van der Waals surface area (Å²) in [7, 11) is -4.55. The van der Waals surface area contributed by atoms with Crippen molar-refractivity contribution in [2.75, 3.05) is 44.4 Å². The van der Waals surface area contributed by atoms with Gasteiger partial charge in [-0.05, 0) is 44.5 Å². The van der Waals surface area contributed by atoms with Crippen molar-refractivity contribution in [2.24, 2.45) is 0 Å². The van der Waals surface area contributed by atoms with E-state index in [1.165, 1.54) is 38.4 Å². The van der Waals surface area contributed by atoms with Gasteiger partial charge < -0.3 is 10.1 Å². The third kappa shape index (κ3) is 7.38. The second-order valence-corrected chi connectivity index (χ2v) is 10.7. The van der Waals surface area contributed by atoms with Gasteiger partial charge in [0.25, 0.3) is 0 Å². The van der Waals surface area contributed by atoms with E-state index in [9.17, 15) is 21.6 Å². The van der Waals surface area contributed by atoms with Crippen molar-refractivity contribution in [2.45, 2.75) is 31.3 Å². The van der Waals surface area contributed by atoms with Crippen molar-refractivity contribution < 1.29 is 26.4 Å². The van der Waals surface area contributed by atoms with E-state index in [2.05, 4.69) is 5.32 Å². The minimum Gasteiger partial charge on any atom is -0.379 e. The van der Waals surface area contributed by atoms with Gasteiger partial charge in [-0.2, -0.15) is 0 Å². The Hall–Kier alpha value is -1.69. The number of ether oxygens (including phenoxy) is 1. The second-order valence-electron chi connectivity index (χ2n) is 6.67. The van der Waals surface area contributed by atoms with Crippen LogP contribution < -0.4 is 9.62 Å². The number of sulfonamides is 2. The molecule has 0 aliphatic carbocycles. The van der Waals surface area contributed by atoms with Crippen molar-refractivity contribution in [3.63, 3.8) is 0 Å². The number of carbonyl (C=O) groups is 1. The van der Waals surface area contributed by atoms with Crippen molar-refractivity contribution >= 4 is 31.6 Å². The van der Waals surface area contributed by atoms with Crippen LogP contribution in [0, 0.1) is 0 Å². The first-order valence-corrected chi connectivity index (χ1v) is 12.0. The molecule has 0 radical (unpaired) electrons. The van der Waals surface area contributed by atoms with E-state index < -0.39 is 32.5 Å². The Kier molecular flexibility index (Phi) is 8.86. The first-order valence-electron chi connectivity index (χ1n) is 8.74. The fourth-order valence-corrected chi connectivity index (χ4v) is 3.96. The Bertz CT molecular complexity index is 849. The monoisotopic (exact) mass is 435 g/mol. The van der Waals surface area contributed by atoms with Crippen LogP contribution in [0.5, 0.6) is 0 Å². The average Bonchev–Trinajstić information content (AvgIpc) is 2.58. The number of amides is 1. The fourth-order valence-electron chi connectivity index (χ4n) is 2.20. The number of hydrogen-bond acceptors (Lipinski definition) is 6. The lowest BCUT2D eigenvalue weighted by Crippen LogP contribution is -2.40. The number of nitrogens with one attached hydrogen (secondary N) is 1. The lowest BCUT2D eigenvalue weighted by atomic mass is 10.3. The van der Waals surface area contributed by atoms with Gasteiger partial charge in [0.1, 0.15) is 6.54 Å². The Morgan fingerprint density at radius 1 is 1.11 bits per heavy atom. The van der Waals surface area contributed by atoms with Crippen LogP contribution in [-0.4, -0.2) is 73.2 Å². The zero-order valence-corrected chi connectivity index (χ0v) is 18.5. The Morgan fingerprint density at radius 3 is 2.14 bits per heavy atom. The normalized spacial score (nSPS) is 12.4. The van der Waals surface area contributed by atoms with Gasteiger partial charge in [-0.25, -0.2) is 21.1 Å². The molecule has 0 aromatic heterocycles. The van der Waals surface area contributed by atoms with Crippen LogP contribution in [-0.2, 0) is 29.6 Å². The van der Waals surface area contributed by atoms with Crippen LogP contribution in [0.1, 0.15) is 20.3 Å². The highest BCUT2D eigenvalue weighted by molar-refractivity contribution is 7.92. The SMILES string of the molecule is CC(C)OCCCNC(=O)CN(c1ccc(S(=O)(=O)N(C)C)cc1)S(C)(=O)=O. The summed E-state index contributed by atoms with van der Waals surface area (Å²) in [5.74, 6) is -0.458. The highest BCUT2D eigenvalue weighted by Crippen LogP contribution is 2.21. The summed E-state index contributed by atoms with van der Waals surface area (Å²) in [6, 6.07) is 5.34. The third-order valence-electron chi connectivity index (χ3n) is 3.69. The Morgan fingerprint density at radius 2 is 1.68 bits per heavy atom. The molecule has 160 valence electrons. The highest BCUT2D eigenvalue weighted by Gasteiger charge is 2.22. The van der Waals surface area contributed by atoms with E-state index in [0.29, 0.717) is 19.6 Å². The smallest absolute Gasteiger partial charge is 0.242 e. The molecule has 0 fully saturated rings. The first-order chi connectivity index (χ1) is 12.9. The van der Waals surface area contributed by atoms with Gasteiger partial charge in [0.05, 0.1) is 22.9 Å². The minimum absolute atomic E-state index is 0.0318. The van der Waals surface area contributed by atoms with Gasteiger partial charge in [0.15, 0.2) is 0 Å². The number of carbonyl (C=O) groups excluding carboxylic acids is 1. The molecule has 0 unspecified atom stereocenters. The molecule has 0 bridgehead atoms. The van der Waals surface area contributed by atoms with Gasteiger partial charge in [-0.15, -0.1) is 0 Å². The van der Waals surface area contributed by atoms with Crippen LogP contribution in [0.15, 0.2) is 29.2 Å². The van der Waals surface area contributed by atoms with Crippen LogP contribution in [0.25, 0.3) is 0 Å². The summed E-state index contributed by atoms with van der Waals surface area (Å²) in [6.45, 7) is 4.29. The quantitative estimate of drug-likeness (QED) is 0.510. The Labute approximate surface area is 167 Å². The van der Waals surface area contributed by atoms with E-state index in [-0.39, 0.29) is 16.7 Å². The number of hydrogen-bond donors (Lipinski definition) is 1. The van der Waals surface area contributed by atoms with Crippen molar-refractivity contribution in [1.29, 1.82) is 0 Å². The number of rotatable bonds is 11. The molecule has 9 nitrogen and oxygen atoms in total. The van der Waals surface area contributed by atoms with E-state index in [1.807, 2.05) is 13.8 Å². The van der Waals surface area contributed by atoms with Gasteiger partial charge in [-0.1, -0.05) is 0 Å². The molecule has 28 heavy (non-hydrogen) atoms. The Balaban J connectivity index is 2.83. The molecule has 1 rings (SSSR count). The van der Waals surface area contributed by atoms with Crippen LogP contribution in [0.4, 0.5) is 5.69 Å². The summed E-state index contributed by atoms with van der Waals surface area (Å²) < 4.78 is 55.8. The highest BCUT2D eigenvalue weighted by atomic mass is 32.2. The molecule has 0 atom stereocenters. The molecule has 0 aliphatic heterocycles. The molecule has 11 heteroatoms. The molecule has 1 aromatic rings. The molecule has 0 spiro atoms. The van der Waals surface area contributed by atoms with E-state index >= 15 is 0 Å². The predicted octanol–water partition coefficient (Wildman–Crippen LogP) is 0.634. The maximum atomic E-state index is 12.1. The first kappa shape index (κ1) is 24.3. The minimum atomic E-state index is -3.74. The molecular weight excluding hydrogens is 406 g/mol. The molecule has 0 saturated carbocycles. The molecule has 1 aromatic carbocycles. The zero-order valence-electron chi connectivity index (χ0n) is 16.9. The van der Waals surface area contributed by atoms with Gasteiger partial charge >= 0.3 is 0 Å². The van der Waals surface area contributed by atoms with Gasteiger partial charge in [0.2, 0.25) is 26.0 Å². The topological polar surface area (TPSA) is 113 Å². The van der Waals surface area contributed by atoms with Gasteiger partial charge in [0, 0.05) is 27.2 Å². The largest absolute Gasteiger partial charge is 0.379 e. The summed E-state index contributed by atoms with van der Waals surface area (Å²) in [6.07, 6.45) is 1.71. The zero-order chi connectivity index (χ0) is 21.5. The standard InChI is InChI=1S/C17H29N3O6S2/c1-14(2)26-12-6-11-18-17(21)13-20(27(5,22)23)15-7-9-16(10-8-15)28(24,25)19(3)4/h7-10,14H,6,11-13H2,1-5H3,(H,18,21). The van der Waals surface area contributed by atoms with Crippen LogP contribution in [0.3, 0.4) is 0 Å². The summed E-state index contributed by atoms with van der Waals surface area (Å²) in [5.41, 5.74) is 0.207. The van der Waals surface area contributed by atoms with Crippen LogP contribution in [0.2, 0.25) is 0 Å². The fraction of sp³-hybridized carbons (Fsp3) is 0.588. The molecule has 0 saturated heterocycles. The molecular formula is C17H29N3O6S2. The maximum Gasteiger partial charge on any atom is 0.242 e. The second kappa shape index (κ2) is 10.2. The molecule has 1 N–H and O–H groups in total. The summed E-state index contributed by atoms with van der Waals surface area (Å²) in [5, 5.41) is 2.65. The lowest BCUT2D eigenvalue weighted by Gasteiger charge is -2.22.